The molecule has 0 bridgehead atoms. The van der Waals surface area contributed by atoms with E-state index in [9.17, 15) is 4.79 Å². The van der Waals surface area contributed by atoms with E-state index < -0.39 is 0 Å². The number of hydrogen-bond donors (Lipinski definition) is 2. The molecule has 1 saturated carbocycles. The van der Waals surface area contributed by atoms with Gasteiger partial charge in [0.15, 0.2) is 0 Å². The van der Waals surface area contributed by atoms with Crippen LogP contribution in [0.1, 0.15) is 24.8 Å². The van der Waals surface area contributed by atoms with E-state index in [1.165, 1.54) is 12.8 Å². The summed E-state index contributed by atoms with van der Waals surface area (Å²) in [5.74, 6) is 0.565. The first-order chi connectivity index (χ1) is 8.06. The van der Waals surface area contributed by atoms with Crippen molar-refractivity contribution < 1.29 is 4.79 Å². The average Bonchev–Trinajstić information content (AvgIpc) is 3.06. The fraction of sp³-hybridized carbons (Fsp3) is 0.462. The number of benzene rings is 1. The molecule has 1 aromatic carbocycles. The molecule has 0 saturated heterocycles. The monoisotopic (exact) mass is 296 g/mol. The fourth-order valence-corrected chi connectivity index (χ4v) is 2.20. The number of aryl methyl sites for hydroxylation is 1. The molecule has 1 aliphatic carbocycles. The van der Waals surface area contributed by atoms with E-state index in [1.807, 2.05) is 25.1 Å². The molecule has 2 rings (SSSR count). The number of carbonyl (C=O) groups is 1. The summed E-state index contributed by atoms with van der Waals surface area (Å²) >= 11 is 3.39. The van der Waals surface area contributed by atoms with Crippen LogP contribution in [0.25, 0.3) is 0 Å². The van der Waals surface area contributed by atoms with Crippen LogP contribution in [0.2, 0.25) is 0 Å². The number of anilines is 1. The predicted octanol–water partition coefficient (Wildman–Crippen LogP) is 2.82. The van der Waals surface area contributed by atoms with Crippen molar-refractivity contribution in [2.24, 2.45) is 11.7 Å². The Hall–Kier alpha value is -0.870. The third-order valence-electron chi connectivity index (χ3n) is 3.12. The number of carbonyl (C=O) groups excluding carboxylic acids is 1. The molecule has 0 aliphatic heterocycles. The van der Waals surface area contributed by atoms with Crippen LogP contribution in [0.15, 0.2) is 22.7 Å². The van der Waals surface area contributed by atoms with Crippen molar-refractivity contribution >= 4 is 27.5 Å². The summed E-state index contributed by atoms with van der Waals surface area (Å²) in [6.07, 6.45) is 2.76. The molecule has 1 atom stereocenters. The predicted molar refractivity (Wildman–Crippen MR) is 72.8 cm³/mol. The Kier molecular flexibility index (Phi) is 3.84. The van der Waals surface area contributed by atoms with Crippen LogP contribution >= 0.6 is 15.9 Å². The first kappa shape index (κ1) is 12.6. The van der Waals surface area contributed by atoms with Gasteiger partial charge in [-0.1, -0.05) is 22.0 Å². The van der Waals surface area contributed by atoms with E-state index in [0.29, 0.717) is 12.3 Å². The molecule has 3 nitrogen and oxygen atoms in total. The zero-order valence-electron chi connectivity index (χ0n) is 9.87. The number of rotatable bonds is 4. The molecule has 1 aromatic rings. The van der Waals surface area contributed by atoms with Crippen LogP contribution in [0, 0.1) is 12.8 Å². The Morgan fingerprint density at radius 2 is 2.29 bits per heavy atom. The van der Waals surface area contributed by atoms with Gasteiger partial charge in [0, 0.05) is 22.6 Å². The summed E-state index contributed by atoms with van der Waals surface area (Å²) in [5.41, 5.74) is 7.84. The van der Waals surface area contributed by atoms with Crippen molar-refractivity contribution in [2.75, 3.05) is 5.32 Å². The normalized spacial score (nSPS) is 16.6. The van der Waals surface area contributed by atoms with E-state index in [0.717, 1.165) is 15.7 Å². The first-order valence-corrected chi connectivity index (χ1v) is 6.67. The summed E-state index contributed by atoms with van der Waals surface area (Å²) in [6.45, 7) is 1.98. The highest BCUT2D eigenvalue weighted by Crippen LogP contribution is 2.33. The number of amides is 1. The van der Waals surface area contributed by atoms with Gasteiger partial charge < -0.3 is 11.1 Å². The van der Waals surface area contributed by atoms with Gasteiger partial charge >= 0.3 is 0 Å². The van der Waals surface area contributed by atoms with Gasteiger partial charge in [-0.15, -0.1) is 0 Å². The lowest BCUT2D eigenvalue weighted by Gasteiger charge is -2.12. The summed E-state index contributed by atoms with van der Waals surface area (Å²) < 4.78 is 0.963. The van der Waals surface area contributed by atoms with Gasteiger partial charge in [-0.2, -0.15) is 0 Å². The van der Waals surface area contributed by atoms with Crippen molar-refractivity contribution in [3.8, 4) is 0 Å². The van der Waals surface area contributed by atoms with Crippen LogP contribution in [-0.4, -0.2) is 11.9 Å². The summed E-state index contributed by atoms with van der Waals surface area (Å²) in [5, 5.41) is 2.92. The van der Waals surface area contributed by atoms with E-state index >= 15 is 0 Å². The second kappa shape index (κ2) is 5.19. The van der Waals surface area contributed by atoms with Crippen molar-refractivity contribution in [3.05, 3.63) is 28.2 Å². The van der Waals surface area contributed by atoms with Gasteiger partial charge in [0.25, 0.3) is 0 Å². The largest absolute Gasteiger partial charge is 0.327 e. The molecule has 0 heterocycles. The minimum atomic E-state index is 0.00519. The summed E-state index contributed by atoms with van der Waals surface area (Å²) in [4.78, 5) is 11.8. The number of nitrogens with one attached hydrogen (secondary N) is 1. The third-order valence-corrected chi connectivity index (χ3v) is 3.62. The Morgan fingerprint density at radius 3 is 2.94 bits per heavy atom. The van der Waals surface area contributed by atoms with Gasteiger partial charge in [0.2, 0.25) is 5.91 Å². The number of halogens is 1. The molecule has 0 aromatic heterocycles. The Bertz CT molecular complexity index is 429. The second-order valence-corrected chi connectivity index (χ2v) is 5.63. The summed E-state index contributed by atoms with van der Waals surface area (Å²) in [7, 11) is 0. The molecular weight excluding hydrogens is 280 g/mol. The van der Waals surface area contributed by atoms with E-state index in [4.69, 9.17) is 5.73 Å². The van der Waals surface area contributed by atoms with Gasteiger partial charge in [0.1, 0.15) is 0 Å². The molecule has 3 N–H and O–H groups in total. The van der Waals surface area contributed by atoms with E-state index in [1.54, 1.807) is 0 Å². The zero-order chi connectivity index (χ0) is 12.4. The highest BCUT2D eigenvalue weighted by atomic mass is 79.9. The minimum Gasteiger partial charge on any atom is -0.327 e. The molecule has 1 amide bonds. The van der Waals surface area contributed by atoms with Crippen LogP contribution < -0.4 is 11.1 Å². The highest BCUT2D eigenvalue weighted by Gasteiger charge is 2.29. The number of nitrogens with two attached hydrogens (primary N) is 1. The zero-order valence-corrected chi connectivity index (χ0v) is 11.5. The lowest BCUT2D eigenvalue weighted by atomic mass is 10.1. The van der Waals surface area contributed by atoms with Crippen molar-refractivity contribution in [1.82, 2.24) is 0 Å². The van der Waals surface area contributed by atoms with Crippen LogP contribution in [0.4, 0.5) is 5.69 Å². The van der Waals surface area contributed by atoms with E-state index in [-0.39, 0.29) is 11.9 Å². The molecular formula is C13H17BrN2O. The molecule has 92 valence electrons. The maximum Gasteiger partial charge on any atom is 0.225 e. The molecule has 0 spiro atoms. The Labute approximate surface area is 110 Å². The standard InChI is InChI=1S/C13H17BrN2O/c1-8-2-5-10(14)6-12(8)16-13(17)7-11(15)9-3-4-9/h2,5-6,9,11H,3-4,7,15H2,1H3,(H,16,17). The maximum absolute atomic E-state index is 11.8. The molecule has 4 heteroatoms. The van der Waals surface area contributed by atoms with Crippen LogP contribution in [-0.2, 0) is 4.79 Å². The van der Waals surface area contributed by atoms with Crippen molar-refractivity contribution in [3.63, 3.8) is 0 Å². The Balaban J connectivity index is 1.94. The van der Waals surface area contributed by atoms with Crippen LogP contribution in [0.5, 0.6) is 0 Å². The fourth-order valence-electron chi connectivity index (χ4n) is 1.84. The van der Waals surface area contributed by atoms with E-state index in [2.05, 4.69) is 21.2 Å². The molecule has 0 radical (unpaired) electrons. The van der Waals surface area contributed by atoms with Crippen molar-refractivity contribution in [2.45, 2.75) is 32.2 Å². The molecule has 1 aliphatic rings. The van der Waals surface area contributed by atoms with Gasteiger partial charge in [-0.25, -0.2) is 0 Å². The molecule has 1 unspecified atom stereocenters. The third kappa shape index (κ3) is 3.54. The van der Waals surface area contributed by atoms with Crippen LogP contribution in [0.3, 0.4) is 0 Å². The second-order valence-electron chi connectivity index (χ2n) is 4.71. The van der Waals surface area contributed by atoms with Gasteiger partial charge in [-0.05, 0) is 43.4 Å². The lowest BCUT2D eigenvalue weighted by molar-refractivity contribution is -0.116. The Morgan fingerprint density at radius 1 is 1.59 bits per heavy atom. The average molecular weight is 297 g/mol. The lowest BCUT2D eigenvalue weighted by Crippen LogP contribution is -2.29. The first-order valence-electron chi connectivity index (χ1n) is 5.88. The highest BCUT2D eigenvalue weighted by molar-refractivity contribution is 9.10. The van der Waals surface area contributed by atoms with Gasteiger partial charge in [-0.3, -0.25) is 4.79 Å². The minimum absolute atomic E-state index is 0.00519. The van der Waals surface area contributed by atoms with Crippen molar-refractivity contribution in [1.29, 1.82) is 0 Å². The molecule has 1 fully saturated rings. The SMILES string of the molecule is Cc1ccc(Br)cc1NC(=O)CC(N)C1CC1. The van der Waals surface area contributed by atoms with Gasteiger partial charge in [0.05, 0.1) is 0 Å². The topological polar surface area (TPSA) is 55.1 Å². The molecule has 17 heavy (non-hydrogen) atoms. The smallest absolute Gasteiger partial charge is 0.225 e. The quantitative estimate of drug-likeness (QED) is 0.898. The maximum atomic E-state index is 11.8. The number of hydrogen-bond acceptors (Lipinski definition) is 2. The summed E-state index contributed by atoms with van der Waals surface area (Å²) in [6, 6.07) is 5.86.